The Morgan fingerprint density at radius 3 is 2.87 bits per heavy atom. The molecule has 3 heterocycles. The molecule has 156 valence electrons. The number of nitrogens with zero attached hydrogens (tertiary/aromatic N) is 3. The van der Waals surface area contributed by atoms with Crippen molar-refractivity contribution >= 4 is 43.8 Å². The van der Waals surface area contributed by atoms with Gasteiger partial charge in [-0.15, -0.1) is 0 Å². The molecule has 4 unspecified atom stereocenters. The van der Waals surface area contributed by atoms with Gasteiger partial charge in [0.1, 0.15) is 11.9 Å². The topological polar surface area (TPSA) is 45.7 Å². The van der Waals surface area contributed by atoms with E-state index in [1.54, 1.807) is 11.1 Å². The number of rotatable bonds is 3. The van der Waals surface area contributed by atoms with Crippen molar-refractivity contribution in [1.29, 1.82) is 0 Å². The minimum atomic E-state index is -0.329. The molecule has 0 bridgehead atoms. The minimum Gasteiger partial charge on any atom is -0.442 e. The summed E-state index contributed by atoms with van der Waals surface area (Å²) >= 11 is 7.41. The van der Waals surface area contributed by atoms with Crippen molar-refractivity contribution < 1.29 is 9.53 Å². The Bertz CT molecular complexity index is 1020. The molecule has 5 rings (SSSR count). The van der Waals surface area contributed by atoms with Gasteiger partial charge in [-0.2, -0.15) is 0 Å². The van der Waals surface area contributed by atoms with Crippen LogP contribution in [0.25, 0.3) is 0 Å². The van der Waals surface area contributed by atoms with Crippen molar-refractivity contribution in [2.24, 2.45) is 11.3 Å². The molecule has 0 N–H and O–H groups in total. The SMILES string of the molecule is CC12CC(Br)=CC=C1N(CC1CN(c3ccccn3)C(=O)O1)C1(C)C=CC(Br)=CC21. The van der Waals surface area contributed by atoms with E-state index < -0.39 is 0 Å². The summed E-state index contributed by atoms with van der Waals surface area (Å²) < 4.78 is 8.11. The van der Waals surface area contributed by atoms with E-state index in [4.69, 9.17) is 4.74 Å². The van der Waals surface area contributed by atoms with Crippen molar-refractivity contribution in [2.75, 3.05) is 18.0 Å². The standard InChI is InChI=1S/C23H23Br2N3O2/c1-22-12-16(25)6-7-19(22)28(23(2)9-8-15(24)11-18(22)23)14-17-13-27(21(29)30-17)20-5-3-4-10-26-20/h3-11,17-18H,12-14H2,1-2H3. The number of likely N-dealkylation sites (tertiary alicyclic amines) is 1. The van der Waals surface area contributed by atoms with E-state index in [1.165, 1.54) is 10.2 Å². The summed E-state index contributed by atoms with van der Waals surface area (Å²) in [6.45, 7) is 5.77. The van der Waals surface area contributed by atoms with Crippen LogP contribution < -0.4 is 4.90 Å². The molecule has 0 radical (unpaired) electrons. The van der Waals surface area contributed by atoms with Crippen molar-refractivity contribution in [3.63, 3.8) is 0 Å². The van der Waals surface area contributed by atoms with E-state index >= 15 is 0 Å². The zero-order chi connectivity index (χ0) is 21.1. The zero-order valence-electron chi connectivity index (χ0n) is 16.9. The highest BCUT2D eigenvalue weighted by Crippen LogP contribution is 2.61. The van der Waals surface area contributed by atoms with E-state index in [-0.39, 0.29) is 23.2 Å². The summed E-state index contributed by atoms with van der Waals surface area (Å²) in [5, 5.41) is 0. The second-order valence-corrected chi connectivity index (χ2v) is 10.7. The number of anilines is 1. The largest absolute Gasteiger partial charge is 0.442 e. The van der Waals surface area contributed by atoms with Crippen molar-refractivity contribution in [3.8, 4) is 0 Å². The number of pyridine rings is 1. The van der Waals surface area contributed by atoms with E-state index in [9.17, 15) is 4.79 Å². The molecule has 1 aromatic heterocycles. The average Bonchev–Trinajstić information content (AvgIpc) is 3.17. The smallest absolute Gasteiger partial charge is 0.416 e. The first-order chi connectivity index (χ1) is 14.3. The number of hydrogen-bond acceptors (Lipinski definition) is 4. The predicted octanol–water partition coefficient (Wildman–Crippen LogP) is 5.52. The predicted molar refractivity (Wildman–Crippen MR) is 124 cm³/mol. The molecule has 7 heteroatoms. The van der Waals surface area contributed by atoms with Gasteiger partial charge in [0.25, 0.3) is 0 Å². The van der Waals surface area contributed by atoms with Gasteiger partial charge in [-0.25, -0.2) is 9.78 Å². The van der Waals surface area contributed by atoms with Gasteiger partial charge in [0.05, 0.1) is 18.6 Å². The van der Waals surface area contributed by atoms with E-state index in [0.717, 1.165) is 10.9 Å². The average molecular weight is 533 g/mol. The molecule has 2 fully saturated rings. The number of cyclic esters (lactones) is 1. The van der Waals surface area contributed by atoms with E-state index in [0.29, 0.717) is 24.8 Å². The second-order valence-electron chi connectivity index (χ2n) is 8.76. The lowest BCUT2D eigenvalue weighted by molar-refractivity contribution is 0.0964. The van der Waals surface area contributed by atoms with Gasteiger partial charge in [0.15, 0.2) is 0 Å². The number of hydrogen-bond donors (Lipinski definition) is 0. The monoisotopic (exact) mass is 531 g/mol. The Balaban J connectivity index is 1.46. The highest BCUT2D eigenvalue weighted by atomic mass is 79.9. The van der Waals surface area contributed by atoms with Crippen LogP contribution in [0.5, 0.6) is 0 Å². The van der Waals surface area contributed by atoms with Crippen LogP contribution in [0.15, 0.2) is 69.4 Å². The fraction of sp³-hybridized carbons (Fsp3) is 0.391. The van der Waals surface area contributed by atoms with Gasteiger partial charge in [-0.05, 0) is 42.1 Å². The summed E-state index contributed by atoms with van der Waals surface area (Å²) in [6.07, 6.45) is 13.2. The lowest BCUT2D eigenvalue weighted by Crippen LogP contribution is -2.47. The van der Waals surface area contributed by atoms with Crippen LogP contribution in [-0.4, -0.2) is 40.7 Å². The molecule has 4 atom stereocenters. The summed E-state index contributed by atoms with van der Waals surface area (Å²) in [5.74, 6) is 0.939. The summed E-state index contributed by atoms with van der Waals surface area (Å²) in [7, 11) is 0. The van der Waals surface area contributed by atoms with Crippen LogP contribution in [0.1, 0.15) is 20.3 Å². The Hall–Kier alpha value is -1.86. The molecular weight excluding hydrogens is 510 g/mol. The van der Waals surface area contributed by atoms with Crippen LogP contribution in [-0.2, 0) is 4.74 Å². The summed E-state index contributed by atoms with van der Waals surface area (Å²) in [4.78, 5) is 20.9. The highest BCUT2D eigenvalue weighted by Gasteiger charge is 2.59. The molecule has 0 spiro atoms. The van der Waals surface area contributed by atoms with Crippen LogP contribution in [0, 0.1) is 11.3 Å². The Kier molecular flexibility index (Phi) is 4.74. The van der Waals surface area contributed by atoms with E-state index in [2.05, 4.69) is 86.0 Å². The minimum absolute atomic E-state index is 0.0323. The fourth-order valence-corrected chi connectivity index (χ4v) is 6.54. The first kappa shape index (κ1) is 20.1. The van der Waals surface area contributed by atoms with Gasteiger partial charge in [-0.1, -0.05) is 63.1 Å². The summed E-state index contributed by atoms with van der Waals surface area (Å²) in [6, 6.07) is 5.57. The second kappa shape index (κ2) is 7.09. The van der Waals surface area contributed by atoms with Crippen LogP contribution in [0.4, 0.5) is 10.6 Å². The maximum absolute atomic E-state index is 12.5. The maximum atomic E-state index is 12.5. The zero-order valence-corrected chi connectivity index (χ0v) is 20.1. The van der Waals surface area contributed by atoms with Crippen molar-refractivity contribution in [3.05, 3.63) is 69.4 Å². The van der Waals surface area contributed by atoms with Crippen LogP contribution in [0.3, 0.4) is 0 Å². The van der Waals surface area contributed by atoms with E-state index in [1.807, 2.05) is 18.2 Å². The molecule has 0 aromatic carbocycles. The molecule has 2 saturated heterocycles. The highest BCUT2D eigenvalue weighted by molar-refractivity contribution is 9.12. The number of aromatic nitrogens is 1. The van der Waals surface area contributed by atoms with Gasteiger partial charge in [-0.3, -0.25) is 4.90 Å². The molecule has 1 aromatic rings. The third-order valence-corrected chi connectivity index (χ3v) is 7.90. The number of amides is 1. The Labute approximate surface area is 193 Å². The quantitative estimate of drug-likeness (QED) is 0.514. The maximum Gasteiger partial charge on any atom is 0.416 e. The molecule has 2 aliphatic heterocycles. The van der Waals surface area contributed by atoms with Crippen LogP contribution >= 0.6 is 31.9 Å². The number of ether oxygens (including phenoxy) is 1. The van der Waals surface area contributed by atoms with Crippen molar-refractivity contribution in [2.45, 2.75) is 31.9 Å². The Morgan fingerprint density at radius 1 is 1.27 bits per heavy atom. The van der Waals surface area contributed by atoms with Gasteiger partial charge in [0.2, 0.25) is 0 Å². The normalized spacial score (nSPS) is 34.8. The molecule has 0 saturated carbocycles. The fourth-order valence-electron chi connectivity index (χ4n) is 5.43. The van der Waals surface area contributed by atoms with Gasteiger partial charge >= 0.3 is 6.09 Å². The lowest BCUT2D eigenvalue weighted by atomic mass is 9.66. The third-order valence-electron chi connectivity index (χ3n) is 6.82. The first-order valence-corrected chi connectivity index (χ1v) is 11.7. The number of fused-ring (bicyclic) bond motifs is 3. The first-order valence-electron chi connectivity index (χ1n) is 10.1. The lowest BCUT2D eigenvalue weighted by Gasteiger charge is -2.40. The number of carbonyl (C=O) groups is 1. The number of carbonyl (C=O) groups excluding carboxylic acids is 1. The van der Waals surface area contributed by atoms with Gasteiger partial charge in [0, 0.05) is 27.7 Å². The molecule has 4 aliphatic rings. The molecule has 2 aliphatic carbocycles. The number of allylic oxidation sites excluding steroid dienone is 6. The van der Waals surface area contributed by atoms with Crippen molar-refractivity contribution in [1.82, 2.24) is 9.88 Å². The molecule has 30 heavy (non-hydrogen) atoms. The number of halogens is 2. The van der Waals surface area contributed by atoms with Gasteiger partial charge < -0.3 is 9.64 Å². The molecule has 1 amide bonds. The van der Waals surface area contributed by atoms with Crippen LogP contribution in [0.2, 0.25) is 0 Å². The summed E-state index contributed by atoms with van der Waals surface area (Å²) in [5.41, 5.74) is 1.08. The Morgan fingerprint density at radius 2 is 2.10 bits per heavy atom. The molecule has 5 nitrogen and oxygen atoms in total. The molecular formula is C23H23Br2N3O2. The third kappa shape index (κ3) is 3.01.